The first kappa shape index (κ1) is 17.1. The number of carbonyl (C=O) groups is 2. The number of nitrogens with one attached hydrogen (secondary N) is 2. The summed E-state index contributed by atoms with van der Waals surface area (Å²) in [7, 11) is 0. The summed E-state index contributed by atoms with van der Waals surface area (Å²) in [5, 5.41) is 3.90. The van der Waals surface area contributed by atoms with E-state index in [1.807, 2.05) is 38.2 Å². The van der Waals surface area contributed by atoms with Crippen molar-refractivity contribution in [2.24, 2.45) is 5.92 Å². The number of esters is 1. The fourth-order valence-electron chi connectivity index (χ4n) is 2.35. The summed E-state index contributed by atoms with van der Waals surface area (Å²) in [6.45, 7) is 4.42. The number of benzene rings is 1. The quantitative estimate of drug-likeness (QED) is 0.736. The predicted molar refractivity (Wildman–Crippen MR) is 90.0 cm³/mol. The number of ether oxygens (including phenoxy) is 1. The Balaban J connectivity index is 1.68. The molecule has 0 radical (unpaired) electrons. The first-order chi connectivity index (χ1) is 11.1. The number of fused-ring (bicyclic) bond motifs is 1. The maximum absolute atomic E-state index is 11.7. The van der Waals surface area contributed by atoms with Gasteiger partial charge in [0.2, 0.25) is 0 Å². The molecule has 0 aliphatic rings. The molecule has 0 saturated carbocycles. The Morgan fingerprint density at radius 2 is 2.04 bits per heavy atom. The van der Waals surface area contributed by atoms with E-state index in [4.69, 9.17) is 4.74 Å². The van der Waals surface area contributed by atoms with E-state index in [2.05, 4.69) is 16.4 Å². The molecule has 0 saturated heterocycles. The molecule has 23 heavy (non-hydrogen) atoms. The van der Waals surface area contributed by atoms with Crippen molar-refractivity contribution < 1.29 is 14.3 Å². The molecule has 0 aliphatic carbocycles. The number of hydrogen-bond donors (Lipinski definition) is 2. The maximum Gasteiger partial charge on any atom is 0.306 e. The second kappa shape index (κ2) is 8.36. The number of aromatic amines is 1. The number of amides is 1. The second-order valence-corrected chi connectivity index (χ2v) is 6.07. The average Bonchev–Trinajstić information content (AvgIpc) is 2.94. The van der Waals surface area contributed by atoms with E-state index in [1.165, 1.54) is 10.9 Å². The highest BCUT2D eigenvalue weighted by Gasteiger charge is 2.09. The van der Waals surface area contributed by atoms with Crippen LogP contribution in [-0.4, -0.2) is 30.0 Å². The number of H-pyrrole nitrogens is 1. The standard InChI is InChI=1S/C18H24N2O3/c1-13(2)10-20-17(21)12-23-18(22)9-5-6-14-11-19-16-8-4-3-7-15(14)16/h3-4,7-8,11,13,19H,5-6,9-10,12H2,1-2H3,(H,20,21). The van der Waals surface area contributed by atoms with Crippen LogP contribution in [0.15, 0.2) is 30.5 Å². The number of rotatable bonds is 8. The van der Waals surface area contributed by atoms with E-state index in [-0.39, 0.29) is 18.5 Å². The van der Waals surface area contributed by atoms with Gasteiger partial charge in [-0.15, -0.1) is 0 Å². The van der Waals surface area contributed by atoms with Crippen LogP contribution in [-0.2, 0) is 20.7 Å². The predicted octanol–water partition coefficient (Wildman–Crippen LogP) is 2.81. The van der Waals surface area contributed by atoms with Gasteiger partial charge in [-0.05, 0) is 30.4 Å². The molecule has 124 valence electrons. The van der Waals surface area contributed by atoms with Crippen LogP contribution in [0.3, 0.4) is 0 Å². The van der Waals surface area contributed by atoms with E-state index in [0.717, 1.165) is 11.9 Å². The normalized spacial score (nSPS) is 10.9. The van der Waals surface area contributed by atoms with Crippen molar-refractivity contribution in [1.82, 2.24) is 10.3 Å². The molecule has 0 fully saturated rings. The van der Waals surface area contributed by atoms with Gasteiger partial charge in [-0.3, -0.25) is 9.59 Å². The van der Waals surface area contributed by atoms with Crippen LogP contribution in [0.4, 0.5) is 0 Å². The molecule has 2 rings (SSSR count). The summed E-state index contributed by atoms with van der Waals surface area (Å²) in [4.78, 5) is 26.4. The zero-order chi connectivity index (χ0) is 16.7. The molecule has 1 aromatic heterocycles. The molecule has 2 N–H and O–H groups in total. The largest absolute Gasteiger partial charge is 0.456 e. The lowest BCUT2D eigenvalue weighted by Crippen LogP contribution is -2.31. The fourth-order valence-corrected chi connectivity index (χ4v) is 2.35. The van der Waals surface area contributed by atoms with Crippen molar-refractivity contribution in [3.63, 3.8) is 0 Å². The third-order valence-corrected chi connectivity index (χ3v) is 3.57. The highest BCUT2D eigenvalue weighted by molar-refractivity contribution is 5.83. The number of carbonyl (C=O) groups excluding carboxylic acids is 2. The highest BCUT2D eigenvalue weighted by atomic mass is 16.5. The Bertz CT molecular complexity index is 661. The van der Waals surface area contributed by atoms with Gasteiger partial charge in [-0.25, -0.2) is 0 Å². The smallest absolute Gasteiger partial charge is 0.306 e. The van der Waals surface area contributed by atoms with Crippen molar-refractivity contribution >= 4 is 22.8 Å². The minimum absolute atomic E-state index is 0.196. The third kappa shape index (κ3) is 5.43. The summed E-state index contributed by atoms with van der Waals surface area (Å²) in [5.74, 6) is -0.195. The van der Waals surface area contributed by atoms with E-state index in [9.17, 15) is 9.59 Å². The number of para-hydroxylation sites is 1. The molecule has 2 aromatic rings. The van der Waals surface area contributed by atoms with Crippen LogP contribution < -0.4 is 5.32 Å². The lowest BCUT2D eigenvalue weighted by molar-refractivity contribution is -0.148. The van der Waals surface area contributed by atoms with Gasteiger partial charge in [-0.2, -0.15) is 0 Å². The van der Waals surface area contributed by atoms with Crippen molar-refractivity contribution in [2.45, 2.75) is 33.1 Å². The zero-order valence-corrected chi connectivity index (χ0v) is 13.7. The Morgan fingerprint density at radius 3 is 2.83 bits per heavy atom. The molecule has 0 aliphatic heterocycles. The molecule has 0 unspecified atom stereocenters. The molecule has 5 heteroatoms. The van der Waals surface area contributed by atoms with Crippen LogP contribution in [0.25, 0.3) is 10.9 Å². The van der Waals surface area contributed by atoms with Crippen molar-refractivity contribution in [3.8, 4) is 0 Å². The topological polar surface area (TPSA) is 71.2 Å². The average molecular weight is 316 g/mol. The number of aromatic nitrogens is 1. The molecule has 1 heterocycles. The Kier molecular flexibility index (Phi) is 6.20. The van der Waals surface area contributed by atoms with Crippen molar-refractivity contribution in [2.75, 3.05) is 13.2 Å². The van der Waals surface area contributed by atoms with Gasteiger partial charge in [-0.1, -0.05) is 32.0 Å². The van der Waals surface area contributed by atoms with Crippen LogP contribution in [0.1, 0.15) is 32.3 Å². The minimum atomic E-state index is -0.329. The van der Waals surface area contributed by atoms with Gasteiger partial charge < -0.3 is 15.0 Å². The van der Waals surface area contributed by atoms with Gasteiger partial charge >= 0.3 is 5.97 Å². The molecule has 5 nitrogen and oxygen atoms in total. The van der Waals surface area contributed by atoms with Crippen molar-refractivity contribution in [3.05, 3.63) is 36.0 Å². The summed E-state index contributed by atoms with van der Waals surface area (Å²) in [6.07, 6.45) is 3.80. The lowest BCUT2D eigenvalue weighted by Gasteiger charge is -2.08. The van der Waals surface area contributed by atoms with Crippen LogP contribution in [0, 0.1) is 5.92 Å². The lowest BCUT2D eigenvalue weighted by atomic mass is 10.1. The van der Waals surface area contributed by atoms with Gasteiger partial charge in [0.15, 0.2) is 6.61 Å². The first-order valence-corrected chi connectivity index (χ1v) is 8.03. The Hall–Kier alpha value is -2.30. The molecule has 1 aromatic carbocycles. The van der Waals surface area contributed by atoms with Gasteiger partial charge in [0.05, 0.1) is 0 Å². The Labute approximate surface area is 136 Å². The van der Waals surface area contributed by atoms with Gasteiger partial charge in [0, 0.05) is 30.1 Å². The van der Waals surface area contributed by atoms with Gasteiger partial charge in [0.1, 0.15) is 0 Å². The molecule has 0 atom stereocenters. The Morgan fingerprint density at radius 1 is 1.26 bits per heavy atom. The monoisotopic (exact) mass is 316 g/mol. The van der Waals surface area contributed by atoms with E-state index in [1.54, 1.807) is 0 Å². The fraction of sp³-hybridized carbons (Fsp3) is 0.444. The zero-order valence-electron chi connectivity index (χ0n) is 13.7. The molecule has 0 bridgehead atoms. The summed E-state index contributed by atoms with van der Waals surface area (Å²) >= 11 is 0. The van der Waals surface area contributed by atoms with Gasteiger partial charge in [0.25, 0.3) is 5.91 Å². The van der Waals surface area contributed by atoms with E-state index < -0.39 is 0 Å². The van der Waals surface area contributed by atoms with Crippen LogP contribution in [0.2, 0.25) is 0 Å². The summed E-state index contributed by atoms with van der Waals surface area (Å²) in [6, 6.07) is 8.09. The maximum atomic E-state index is 11.7. The number of hydrogen-bond acceptors (Lipinski definition) is 3. The van der Waals surface area contributed by atoms with Crippen LogP contribution >= 0.6 is 0 Å². The molecule has 0 spiro atoms. The van der Waals surface area contributed by atoms with E-state index in [0.29, 0.717) is 25.3 Å². The minimum Gasteiger partial charge on any atom is -0.456 e. The third-order valence-electron chi connectivity index (χ3n) is 3.57. The summed E-state index contributed by atoms with van der Waals surface area (Å²) < 4.78 is 4.98. The van der Waals surface area contributed by atoms with E-state index >= 15 is 0 Å². The molecule has 1 amide bonds. The highest BCUT2D eigenvalue weighted by Crippen LogP contribution is 2.19. The van der Waals surface area contributed by atoms with Crippen LogP contribution in [0.5, 0.6) is 0 Å². The second-order valence-electron chi connectivity index (χ2n) is 6.07. The first-order valence-electron chi connectivity index (χ1n) is 8.03. The van der Waals surface area contributed by atoms with Crippen molar-refractivity contribution in [1.29, 1.82) is 0 Å². The summed E-state index contributed by atoms with van der Waals surface area (Å²) in [5.41, 5.74) is 2.30. The molecular weight excluding hydrogens is 292 g/mol. The number of aryl methyl sites for hydroxylation is 1. The SMILES string of the molecule is CC(C)CNC(=O)COC(=O)CCCc1c[nH]c2ccccc12. The molecular formula is C18H24N2O3.